The van der Waals surface area contributed by atoms with E-state index < -0.39 is 9.84 Å². The molecule has 0 aliphatic rings. The Hall–Kier alpha value is -0.790. The van der Waals surface area contributed by atoms with Gasteiger partial charge in [-0.15, -0.1) is 5.10 Å². The summed E-state index contributed by atoms with van der Waals surface area (Å²) in [6, 6.07) is 6.49. The Balaban J connectivity index is 2.56. The van der Waals surface area contributed by atoms with Crippen molar-refractivity contribution in [3.63, 3.8) is 0 Å². The maximum Gasteiger partial charge on any atom is 0.219 e. The quantitative estimate of drug-likeness (QED) is 0.853. The molecule has 4 nitrogen and oxygen atoms in total. The molecule has 0 aliphatic heterocycles. The number of sulfone groups is 1. The number of hydrogen-bond donors (Lipinski definition) is 0. The second kappa shape index (κ2) is 4.23. The van der Waals surface area contributed by atoms with Crippen molar-refractivity contribution >= 4 is 37.3 Å². The molecule has 0 spiro atoms. The van der Waals surface area contributed by atoms with Crippen LogP contribution in [0, 0.1) is 6.92 Å². The zero-order chi connectivity index (χ0) is 11.8. The van der Waals surface area contributed by atoms with E-state index in [2.05, 4.69) is 25.5 Å². The van der Waals surface area contributed by atoms with Crippen LogP contribution >= 0.6 is 27.5 Å². The summed E-state index contributed by atoms with van der Waals surface area (Å²) in [6.45, 7) is 1.63. The molecule has 1 aromatic heterocycles. The van der Waals surface area contributed by atoms with Crippen LogP contribution in [0.25, 0.3) is 0 Å². The van der Waals surface area contributed by atoms with Gasteiger partial charge in [0.15, 0.2) is 4.21 Å². The second-order valence-corrected chi connectivity index (χ2v) is 6.92. The third kappa shape index (κ3) is 2.02. The van der Waals surface area contributed by atoms with Crippen LogP contribution in [0.1, 0.15) is 5.69 Å². The minimum absolute atomic E-state index is 0.204. The normalized spacial score (nSPS) is 11.6. The highest BCUT2D eigenvalue weighted by molar-refractivity contribution is 9.10. The highest BCUT2D eigenvalue weighted by Gasteiger charge is 2.22. The number of nitrogens with zero attached hydrogens (tertiary/aromatic N) is 2. The number of benzene rings is 1. The fourth-order valence-corrected chi connectivity index (χ4v) is 3.78. The molecule has 2 aromatic rings. The van der Waals surface area contributed by atoms with E-state index in [0.29, 0.717) is 5.69 Å². The molecule has 0 aliphatic carbocycles. The van der Waals surface area contributed by atoms with Crippen LogP contribution in [-0.4, -0.2) is 18.0 Å². The maximum atomic E-state index is 12.1. The van der Waals surface area contributed by atoms with E-state index in [0.717, 1.165) is 16.0 Å². The molecular formula is C9H7BrN2O2S2. The van der Waals surface area contributed by atoms with Gasteiger partial charge < -0.3 is 0 Å². The molecule has 2 rings (SSSR count). The average Bonchev–Trinajstić information content (AvgIpc) is 2.66. The van der Waals surface area contributed by atoms with Gasteiger partial charge in [0.1, 0.15) is 0 Å². The molecule has 0 amide bonds. The molecule has 1 aromatic carbocycles. The highest BCUT2D eigenvalue weighted by Crippen LogP contribution is 2.26. The Morgan fingerprint density at radius 2 is 1.88 bits per heavy atom. The lowest BCUT2D eigenvalue weighted by molar-refractivity contribution is 0.597. The molecule has 0 saturated carbocycles. The molecule has 1 heterocycles. The monoisotopic (exact) mass is 318 g/mol. The van der Waals surface area contributed by atoms with Crippen molar-refractivity contribution in [2.75, 3.05) is 0 Å². The third-order valence-corrected chi connectivity index (χ3v) is 5.69. The van der Waals surface area contributed by atoms with Gasteiger partial charge in [-0.25, -0.2) is 8.42 Å². The van der Waals surface area contributed by atoms with Crippen molar-refractivity contribution in [3.8, 4) is 0 Å². The molecule has 0 N–H and O–H groups in total. The van der Waals surface area contributed by atoms with Crippen molar-refractivity contribution in [2.24, 2.45) is 0 Å². The number of rotatable bonds is 2. The molecule has 0 unspecified atom stereocenters. The largest absolute Gasteiger partial charge is 0.219 e. The first-order valence-corrected chi connectivity index (χ1v) is 7.36. The van der Waals surface area contributed by atoms with Gasteiger partial charge in [0.25, 0.3) is 0 Å². The number of aromatic nitrogens is 2. The van der Waals surface area contributed by atoms with Crippen LogP contribution in [0.15, 0.2) is 37.8 Å². The van der Waals surface area contributed by atoms with Crippen molar-refractivity contribution in [1.29, 1.82) is 0 Å². The van der Waals surface area contributed by atoms with Crippen LogP contribution in [0.2, 0.25) is 0 Å². The van der Waals surface area contributed by atoms with Crippen molar-refractivity contribution < 1.29 is 8.42 Å². The van der Waals surface area contributed by atoms with Gasteiger partial charge >= 0.3 is 0 Å². The predicted octanol–water partition coefficient (Wildman–Crippen LogP) is 2.44. The van der Waals surface area contributed by atoms with Gasteiger partial charge in [-0.05, 0) is 31.2 Å². The molecular weight excluding hydrogens is 312 g/mol. The topological polar surface area (TPSA) is 59.9 Å². The zero-order valence-electron chi connectivity index (χ0n) is 8.21. The minimum atomic E-state index is -3.47. The van der Waals surface area contributed by atoms with Gasteiger partial charge in [-0.3, -0.25) is 0 Å². The van der Waals surface area contributed by atoms with E-state index in [-0.39, 0.29) is 9.10 Å². The predicted molar refractivity (Wildman–Crippen MR) is 64.2 cm³/mol. The molecule has 0 bridgehead atoms. The van der Waals surface area contributed by atoms with E-state index in [4.69, 9.17) is 0 Å². The van der Waals surface area contributed by atoms with Crippen LogP contribution in [0.3, 0.4) is 0 Å². The molecule has 0 fully saturated rings. The van der Waals surface area contributed by atoms with Crippen LogP contribution < -0.4 is 0 Å². The summed E-state index contributed by atoms with van der Waals surface area (Å²) in [5.41, 5.74) is 0.438. The number of halogens is 1. The number of hydrogen-bond acceptors (Lipinski definition) is 5. The molecule has 84 valence electrons. The van der Waals surface area contributed by atoms with E-state index in [1.165, 1.54) is 0 Å². The maximum absolute atomic E-state index is 12.1. The summed E-state index contributed by atoms with van der Waals surface area (Å²) in [5.74, 6) is 0. The van der Waals surface area contributed by atoms with Crippen LogP contribution in [0.4, 0.5) is 0 Å². The lowest BCUT2D eigenvalue weighted by Gasteiger charge is -2.01. The van der Waals surface area contributed by atoms with E-state index in [1.54, 1.807) is 31.2 Å². The Labute approximate surface area is 106 Å². The van der Waals surface area contributed by atoms with Gasteiger partial charge in [-0.2, -0.15) is 0 Å². The molecule has 16 heavy (non-hydrogen) atoms. The Morgan fingerprint density at radius 3 is 2.38 bits per heavy atom. The standard InChI is InChI=1S/C9H7BrN2O2S2/c1-6-9(15-12-11-6)16(13,14)8-4-2-7(10)3-5-8/h2-5H,1H3. The van der Waals surface area contributed by atoms with Crippen molar-refractivity contribution in [2.45, 2.75) is 16.0 Å². The van der Waals surface area contributed by atoms with Crippen LogP contribution in [0.5, 0.6) is 0 Å². The van der Waals surface area contributed by atoms with E-state index in [1.807, 2.05) is 0 Å². The average molecular weight is 319 g/mol. The summed E-state index contributed by atoms with van der Waals surface area (Å²) < 4.78 is 29.0. The second-order valence-electron chi connectivity index (χ2n) is 3.10. The first kappa shape index (κ1) is 11.7. The SMILES string of the molecule is Cc1nnsc1S(=O)(=O)c1ccc(Br)cc1. The molecule has 7 heteroatoms. The fourth-order valence-electron chi connectivity index (χ4n) is 1.19. The highest BCUT2D eigenvalue weighted by atomic mass is 79.9. The summed E-state index contributed by atoms with van der Waals surface area (Å²) in [6.07, 6.45) is 0. The Kier molecular flexibility index (Phi) is 3.09. The Bertz CT molecular complexity index is 605. The zero-order valence-corrected chi connectivity index (χ0v) is 11.4. The lowest BCUT2D eigenvalue weighted by Crippen LogP contribution is -2.01. The summed E-state index contributed by atoms with van der Waals surface area (Å²) in [5, 5.41) is 3.71. The Morgan fingerprint density at radius 1 is 1.25 bits per heavy atom. The summed E-state index contributed by atoms with van der Waals surface area (Å²) >= 11 is 4.15. The third-order valence-electron chi connectivity index (χ3n) is 1.98. The molecule has 0 radical (unpaired) electrons. The van der Waals surface area contributed by atoms with Gasteiger partial charge in [0, 0.05) is 16.0 Å². The minimum Gasteiger partial charge on any atom is -0.218 e. The summed E-state index contributed by atoms with van der Waals surface area (Å²) in [7, 11) is -3.47. The smallest absolute Gasteiger partial charge is 0.218 e. The van der Waals surface area contributed by atoms with Crippen molar-refractivity contribution in [3.05, 3.63) is 34.4 Å². The van der Waals surface area contributed by atoms with E-state index >= 15 is 0 Å². The van der Waals surface area contributed by atoms with Crippen molar-refractivity contribution in [1.82, 2.24) is 9.59 Å². The first-order valence-electron chi connectivity index (χ1n) is 4.31. The van der Waals surface area contributed by atoms with Gasteiger partial charge in [-0.1, -0.05) is 20.4 Å². The van der Waals surface area contributed by atoms with Crippen LogP contribution in [-0.2, 0) is 9.84 Å². The molecule has 0 saturated heterocycles. The van der Waals surface area contributed by atoms with Gasteiger partial charge in [0.2, 0.25) is 9.84 Å². The summed E-state index contributed by atoms with van der Waals surface area (Å²) in [4.78, 5) is 0.254. The van der Waals surface area contributed by atoms with Gasteiger partial charge in [0.05, 0.1) is 10.6 Å². The first-order chi connectivity index (χ1) is 7.51. The lowest BCUT2D eigenvalue weighted by atomic mass is 10.4. The molecule has 0 atom stereocenters. The van der Waals surface area contributed by atoms with E-state index in [9.17, 15) is 8.42 Å². The fraction of sp³-hybridized carbons (Fsp3) is 0.111. The number of aryl methyl sites for hydroxylation is 1.